The number of hydrogen-bond acceptors (Lipinski definition) is 3. The summed E-state index contributed by atoms with van der Waals surface area (Å²) in [6.07, 6.45) is 0. The van der Waals surface area contributed by atoms with Crippen molar-refractivity contribution < 1.29 is 4.79 Å². The van der Waals surface area contributed by atoms with Gasteiger partial charge < -0.3 is 4.57 Å². The number of aryl methyl sites for hydroxylation is 2. The molecule has 0 spiro atoms. The number of rotatable bonds is 3. The zero-order valence-electron chi connectivity index (χ0n) is 13.9. The highest BCUT2D eigenvalue weighted by atomic mass is 16.2. The summed E-state index contributed by atoms with van der Waals surface area (Å²) in [5, 5.41) is 9.86. The Kier molecular flexibility index (Phi) is 3.57. The first kappa shape index (κ1) is 15.1. The Balaban J connectivity index is 1.59. The number of benzene rings is 2. The van der Waals surface area contributed by atoms with Crippen LogP contribution in [0.3, 0.4) is 0 Å². The van der Waals surface area contributed by atoms with Crippen LogP contribution in [0.1, 0.15) is 16.1 Å². The van der Waals surface area contributed by atoms with Gasteiger partial charge in [0.1, 0.15) is 5.69 Å². The van der Waals surface area contributed by atoms with Gasteiger partial charge in [-0.1, -0.05) is 42.0 Å². The highest BCUT2D eigenvalue weighted by Gasteiger charge is 2.15. The molecule has 0 aliphatic carbocycles. The SMILES string of the molecule is Cc1ccc(-c2cc(C(=O)Nc3nc4ccccc4n3C)[nH]n2)cc1. The van der Waals surface area contributed by atoms with Crippen molar-refractivity contribution in [2.24, 2.45) is 7.05 Å². The molecule has 0 bridgehead atoms. The van der Waals surface area contributed by atoms with Crippen molar-refractivity contribution >= 4 is 22.9 Å². The minimum atomic E-state index is -0.274. The summed E-state index contributed by atoms with van der Waals surface area (Å²) in [5.74, 6) is 0.224. The zero-order chi connectivity index (χ0) is 17.4. The van der Waals surface area contributed by atoms with E-state index in [1.165, 1.54) is 5.56 Å². The molecule has 1 amide bonds. The van der Waals surface area contributed by atoms with E-state index >= 15 is 0 Å². The van der Waals surface area contributed by atoms with Gasteiger partial charge in [-0.05, 0) is 25.1 Å². The van der Waals surface area contributed by atoms with Gasteiger partial charge in [0.25, 0.3) is 5.91 Å². The van der Waals surface area contributed by atoms with E-state index in [1.54, 1.807) is 6.07 Å². The summed E-state index contributed by atoms with van der Waals surface area (Å²) in [7, 11) is 1.87. The third-order valence-corrected chi connectivity index (χ3v) is 4.18. The van der Waals surface area contributed by atoms with Crippen molar-refractivity contribution in [1.29, 1.82) is 0 Å². The minimum absolute atomic E-state index is 0.274. The number of hydrogen-bond donors (Lipinski definition) is 2. The molecule has 2 heterocycles. The fraction of sp³-hybridized carbons (Fsp3) is 0.105. The molecule has 0 saturated carbocycles. The van der Waals surface area contributed by atoms with Gasteiger partial charge >= 0.3 is 0 Å². The molecule has 25 heavy (non-hydrogen) atoms. The average molecular weight is 331 g/mol. The Morgan fingerprint density at radius 3 is 2.64 bits per heavy atom. The number of nitrogens with one attached hydrogen (secondary N) is 2. The van der Waals surface area contributed by atoms with E-state index in [2.05, 4.69) is 20.5 Å². The van der Waals surface area contributed by atoms with Crippen LogP contribution < -0.4 is 5.32 Å². The van der Waals surface area contributed by atoms with Crippen LogP contribution in [0.15, 0.2) is 54.6 Å². The number of amides is 1. The second-order valence-corrected chi connectivity index (χ2v) is 5.97. The number of fused-ring (bicyclic) bond motifs is 1. The van der Waals surface area contributed by atoms with Crippen molar-refractivity contribution in [1.82, 2.24) is 19.7 Å². The first-order chi connectivity index (χ1) is 12.1. The van der Waals surface area contributed by atoms with Crippen molar-refractivity contribution in [3.63, 3.8) is 0 Å². The van der Waals surface area contributed by atoms with E-state index < -0.39 is 0 Å². The van der Waals surface area contributed by atoms with Crippen LogP contribution in [0.25, 0.3) is 22.3 Å². The lowest BCUT2D eigenvalue weighted by Gasteiger charge is -2.03. The number of para-hydroxylation sites is 2. The number of carbonyl (C=O) groups excluding carboxylic acids is 1. The van der Waals surface area contributed by atoms with E-state index in [0.29, 0.717) is 11.6 Å². The zero-order valence-corrected chi connectivity index (χ0v) is 13.9. The van der Waals surface area contributed by atoms with Crippen LogP contribution in [-0.2, 0) is 7.05 Å². The summed E-state index contributed by atoms with van der Waals surface area (Å²) in [6, 6.07) is 17.5. The number of carbonyl (C=O) groups is 1. The Morgan fingerprint density at radius 2 is 1.88 bits per heavy atom. The van der Waals surface area contributed by atoms with Gasteiger partial charge in [0.2, 0.25) is 5.95 Å². The maximum absolute atomic E-state index is 12.5. The Hall–Kier alpha value is -3.41. The van der Waals surface area contributed by atoms with Crippen LogP contribution >= 0.6 is 0 Å². The van der Waals surface area contributed by atoms with Crippen molar-refractivity contribution in [2.45, 2.75) is 6.92 Å². The van der Waals surface area contributed by atoms with Crippen LogP contribution in [-0.4, -0.2) is 25.7 Å². The lowest BCUT2D eigenvalue weighted by molar-refractivity contribution is 0.102. The molecule has 4 aromatic rings. The van der Waals surface area contributed by atoms with Gasteiger partial charge in [-0.25, -0.2) is 4.98 Å². The third-order valence-electron chi connectivity index (χ3n) is 4.18. The quantitative estimate of drug-likeness (QED) is 0.603. The second kappa shape index (κ2) is 5.90. The fourth-order valence-electron chi connectivity index (χ4n) is 2.74. The highest BCUT2D eigenvalue weighted by molar-refractivity contribution is 6.03. The van der Waals surface area contributed by atoms with Gasteiger partial charge in [0, 0.05) is 12.6 Å². The first-order valence-corrected chi connectivity index (χ1v) is 7.97. The monoisotopic (exact) mass is 331 g/mol. The molecular weight excluding hydrogens is 314 g/mol. The van der Waals surface area contributed by atoms with Crippen LogP contribution in [0.2, 0.25) is 0 Å². The molecule has 124 valence electrons. The molecule has 2 aromatic heterocycles. The van der Waals surface area contributed by atoms with E-state index in [-0.39, 0.29) is 5.91 Å². The summed E-state index contributed by atoms with van der Waals surface area (Å²) in [6.45, 7) is 2.03. The standard InChI is InChI=1S/C19H17N5O/c1-12-7-9-13(10-8-12)15-11-16(23-22-15)18(25)21-19-20-14-5-3-4-6-17(14)24(19)2/h3-11H,1-2H3,(H,22,23)(H,20,21,25). The minimum Gasteiger partial charge on any atom is -0.313 e. The number of nitrogens with zero attached hydrogens (tertiary/aromatic N) is 3. The van der Waals surface area contributed by atoms with Crippen molar-refractivity contribution in [3.8, 4) is 11.3 Å². The highest BCUT2D eigenvalue weighted by Crippen LogP contribution is 2.20. The van der Waals surface area contributed by atoms with Gasteiger partial charge in [0.15, 0.2) is 0 Å². The maximum Gasteiger partial charge on any atom is 0.275 e. The predicted octanol–water partition coefficient (Wildman–Crippen LogP) is 3.52. The number of H-pyrrole nitrogens is 1. The van der Waals surface area contributed by atoms with E-state index in [4.69, 9.17) is 0 Å². The van der Waals surface area contributed by atoms with E-state index in [0.717, 1.165) is 22.3 Å². The number of anilines is 1. The lowest BCUT2D eigenvalue weighted by atomic mass is 10.1. The Labute approximate surface area is 144 Å². The summed E-state index contributed by atoms with van der Waals surface area (Å²) in [5.41, 5.74) is 5.06. The van der Waals surface area contributed by atoms with Crippen LogP contribution in [0, 0.1) is 6.92 Å². The average Bonchev–Trinajstić information content (AvgIpc) is 3.22. The van der Waals surface area contributed by atoms with Crippen molar-refractivity contribution in [3.05, 3.63) is 65.9 Å². The summed E-state index contributed by atoms with van der Waals surface area (Å²) < 4.78 is 1.85. The fourth-order valence-corrected chi connectivity index (χ4v) is 2.74. The second-order valence-electron chi connectivity index (χ2n) is 5.97. The molecule has 0 aliphatic heterocycles. The molecule has 0 unspecified atom stereocenters. The number of imidazole rings is 1. The molecule has 0 aliphatic rings. The van der Waals surface area contributed by atoms with Crippen LogP contribution in [0.4, 0.5) is 5.95 Å². The molecular formula is C19H17N5O. The van der Waals surface area contributed by atoms with Gasteiger partial charge in [-0.3, -0.25) is 15.2 Å². The molecule has 2 aromatic carbocycles. The van der Waals surface area contributed by atoms with E-state index in [9.17, 15) is 4.79 Å². The molecule has 6 nitrogen and oxygen atoms in total. The number of aromatic amines is 1. The van der Waals surface area contributed by atoms with Gasteiger partial charge in [0.05, 0.1) is 16.7 Å². The lowest BCUT2D eigenvalue weighted by Crippen LogP contribution is -2.15. The smallest absolute Gasteiger partial charge is 0.275 e. The summed E-state index contributed by atoms with van der Waals surface area (Å²) >= 11 is 0. The van der Waals surface area contributed by atoms with Crippen LogP contribution in [0.5, 0.6) is 0 Å². The molecule has 0 saturated heterocycles. The molecule has 6 heteroatoms. The molecule has 0 radical (unpaired) electrons. The molecule has 4 rings (SSSR count). The molecule has 2 N–H and O–H groups in total. The number of aromatic nitrogens is 4. The molecule has 0 atom stereocenters. The first-order valence-electron chi connectivity index (χ1n) is 7.97. The topological polar surface area (TPSA) is 75.6 Å². The Morgan fingerprint density at radius 1 is 1.12 bits per heavy atom. The largest absolute Gasteiger partial charge is 0.313 e. The van der Waals surface area contributed by atoms with Crippen molar-refractivity contribution in [2.75, 3.05) is 5.32 Å². The molecule has 0 fully saturated rings. The predicted molar refractivity (Wildman–Crippen MR) is 97.4 cm³/mol. The normalized spacial score (nSPS) is 11.0. The summed E-state index contributed by atoms with van der Waals surface area (Å²) in [4.78, 5) is 17.0. The third kappa shape index (κ3) is 2.78. The van der Waals surface area contributed by atoms with Gasteiger partial charge in [-0.15, -0.1) is 0 Å². The Bertz CT molecular complexity index is 1060. The maximum atomic E-state index is 12.5. The van der Waals surface area contributed by atoms with Gasteiger partial charge in [-0.2, -0.15) is 5.10 Å². The van der Waals surface area contributed by atoms with E-state index in [1.807, 2.05) is 67.1 Å².